The number of hydrogen-bond donors (Lipinski definition) is 1. The first kappa shape index (κ1) is 27.4. The van der Waals surface area contributed by atoms with Crippen molar-refractivity contribution in [1.82, 2.24) is 9.88 Å². The van der Waals surface area contributed by atoms with Crippen LogP contribution in [0.5, 0.6) is 5.75 Å². The summed E-state index contributed by atoms with van der Waals surface area (Å²) in [4.78, 5) is 32.9. The zero-order valence-electron chi connectivity index (χ0n) is 22.6. The zero-order chi connectivity index (χ0) is 26.7. The lowest BCUT2D eigenvalue weighted by Gasteiger charge is -2.26. The zero-order valence-corrected chi connectivity index (χ0v) is 22.6. The molecule has 4 rings (SSSR count). The first-order valence-corrected chi connectivity index (χ1v) is 13.8. The molecule has 0 aliphatic carbocycles. The molecule has 2 aromatic carbocycles. The molecule has 3 aromatic rings. The lowest BCUT2D eigenvalue weighted by Crippen LogP contribution is -2.33. The number of fused-ring (bicyclic) bond motifs is 1. The third-order valence-corrected chi connectivity index (χ3v) is 7.08. The van der Waals surface area contributed by atoms with Crippen molar-refractivity contribution in [1.29, 1.82) is 0 Å². The maximum atomic E-state index is 12.6. The summed E-state index contributed by atoms with van der Waals surface area (Å²) in [7, 11) is 0. The summed E-state index contributed by atoms with van der Waals surface area (Å²) < 4.78 is 6.23. The number of H-pyrrole nitrogens is 1. The molecule has 6 nitrogen and oxygen atoms in total. The van der Waals surface area contributed by atoms with E-state index < -0.39 is 0 Å². The summed E-state index contributed by atoms with van der Waals surface area (Å²) in [6.07, 6.45) is 12.0. The average molecular weight is 514 g/mol. The van der Waals surface area contributed by atoms with Crippen molar-refractivity contribution in [2.45, 2.75) is 39.5 Å². The van der Waals surface area contributed by atoms with E-state index in [-0.39, 0.29) is 18.0 Å². The predicted octanol–water partition coefficient (Wildman–Crippen LogP) is 6.13. The Morgan fingerprint density at radius 3 is 2.47 bits per heavy atom. The standard InChI is InChI=1S/C32H39N3O3/c1-3-35(4-2)28-13-11-27(32(23-28)38-21-20-34-18-6-5-7-19-34)12-15-30(37)24-29(36)14-9-25-8-10-26-16-17-33-31(26)22-25/h8-17,22-23,33H,3-7,18-21,24H2,1-2H3/b14-9+,15-12+. The number of rotatable bonds is 13. The monoisotopic (exact) mass is 513 g/mol. The van der Waals surface area contributed by atoms with Gasteiger partial charge >= 0.3 is 0 Å². The van der Waals surface area contributed by atoms with Gasteiger partial charge in [0, 0.05) is 48.7 Å². The number of nitrogens with zero attached hydrogens (tertiary/aromatic N) is 2. The maximum absolute atomic E-state index is 12.6. The van der Waals surface area contributed by atoms with Gasteiger partial charge in [0.05, 0.1) is 6.42 Å². The lowest BCUT2D eigenvalue weighted by molar-refractivity contribution is -0.121. The van der Waals surface area contributed by atoms with Gasteiger partial charge in [0.2, 0.25) is 0 Å². The summed E-state index contributed by atoms with van der Waals surface area (Å²) >= 11 is 0. The topological polar surface area (TPSA) is 65.6 Å². The second-order valence-electron chi connectivity index (χ2n) is 9.75. The second-order valence-corrected chi connectivity index (χ2v) is 9.75. The van der Waals surface area contributed by atoms with Crippen molar-refractivity contribution in [3.05, 3.63) is 71.9 Å². The first-order chi connectivity index (χ1) is 18.6. The highest BCUT2D eigenvalue weighted by Gasteiger charge is 2.12. The van der Waals surface area contributed by atoms with Crippen molar-refractivity contribution >= 4 is 40.3 Å². The number of hydrogen-bond acceptors (Lipinski definition) is 5. The minimum atomic E-state index is -0.230. The highest BCUT2D eigenvalue weighted by molar-refractivity contribution is 6.11. The molecule has 6 heteroatoms. The number of carbonyl (C=O) groups is 2. The van der Waals surface area contributed by atoms with Crippen LogP contribution in [0.2, 0.25) is 0 Å². The number of aromatic nitrogens is 1. The number of aromatic amines is 1. The molecule has 0 bridgehead atoms. The molecule has 2 heterocycles. The molecular formula is C32H39N3O3. The van der Waals surface area contributed by atoms with Crippen LogP contribution >= 0.6 is 0 Å². The number of piperidine rings is 1. The average Bonchev–Trinajstić information content (AvgIpc) is 3.41. The number of ketones is 2. The van der Waals surface area contributed by atoms with Crippen molar-refractivity contribution in [2.75, 3.05) is 44.2 Å². The van der Waals surface area contributed by atoms with Crippen LogP contribution in [0.25, 0.3) is 23.1 Å². The maximum Gasteiger partial charge on any atom is 0.163 e. The van der Waals surface area contributed by atoms with Crippen LogP contribution in [-0.2, 0) is 9.59 Å². The van der Waals surface area contributed by atoms with E-state index >= 15 is 0 Å². The van der Waals surface area contributed by atoms with E-state index in [1.54, 1.807) is 12.2 Å². The molecule has 38 heavy (non-hydrogen) atoms. The minimum Gasteiger partial charge on any atom is -0.492 e. The van der Waals surface area contributed by atoms with Gasteiger partial charge in [-0.25, -0.2) is 0 Å². The SMILES string of the molecule is CCN(CC)c1ccc(/C=C/C(=O)CC(=O)/C=C/c2ccc3cc[nH]c3c2)c(OCCN2CCCCC2)c1. The van der Waals surface area contributed by atoms with Gasteiger partial charge in [0.15, 0.2) is 11.6 Å². The second kappa shape index (κ2) is 13.8. The molecule has 0 radical (unpaired) electrons. The number of allylic oxidation sites excluding steroid dienone is 2. The number of benzene rings is 2. The summed E-state index contributed by atoms with van der Waals surface area (Å²) in [5, 5.41) is 1.12. The van der Waals surface area contributed by atoms with Crippen molar-refractivity contribution in [3.8, 4) is 5.75 Å². The molecule has 0 saturated carbocycles. The number of ether oxygens (including phenoxy) is 1. The van der Waals surface area contributed by atoms with Gasteiger partial charge in [-0.1, -0.05) is 24.6 Å². The summed E-state index contributed by atoms with van der Waals surface area (Å²) in [5.41, 5.74) is 3.87. The van der Waals surface area contributed by atoms with Crippen LogP contribution in [0, 0.1) is 0 Å². The molecule has 200 valence electrons. The van der Waals surface area contributed by atoms with Gasteiger partial charge < -0.3 is 14.6 Å². The molecule has 0 amide bonds. The fraction of sp³-hybridized carbons (Fsp3) is 0.375. The Kier molecular flexibility index (Phi) is 9.93. The number of anilines is 1. The van der Waals surface area contributed by atoms with Crippen molar-refractivity contribution in [2.24, 2.45) is 0 Å². The molecule has 1 aliphatic heterocycles. The van der Waals surface area contributed by atoms with Gasteiger partial charge in [-0.15, -0.1) is 0 Å². The third kappa shape index (κ3) is 7.68. The number of nitrogens with one attached hydrogen (secondary N) is 1. The van der Waals surface area contributed by atoms with Crippen LogP contribution in [0.4, 0.5) is 5.69 Å². The molecular weight excluding hydrogens is 474 g/mol. The van der Waals surface area contributed by atoms with E-state index in [0.29, 0.717) is 6.61 Å². The molecule has 1 saturated heterocycles. The smallest absolute Gasteiger partial charge is 0.163 e. The van der Waals surface area contributed by atoms with Crippen LogP contribution in [0.1, 0.15) is 50.7 Å². The third-order valence-electron chi connectivity index (χ3n) is 7.08. The van der Waals surface area contributed by atoms with Gasteiger partial charge in [-0.2, -0.15) is 0 Å². The summed E-state index contributed by atoms with van der Waals surface area (Å²) in [6, 6.07) is 14.0. The van der Waals surface area contributed by atoms with E-state index in [0.717, 1.165) is 66.2 Å². The highest BCUT2D eigenvalue weighted by atomic mass is 16.5. The van der Waals surface area contributed by atoms with Crippen LogP contribution in [0.3, 0.4) is 0 Å². The Hall–Kier alpha value is -3.64. The van der Waals surface area contributed by atoms with Crippen molar-refractivity contribution in [3.63, 3.8) is 0 Å². The Morgan fingerprint density at radius 2 is 1.71 bits per heavy atom. The van der Waals surface area contributed by atoms with Gasteiger partial charge in [-0.3, -0.25) is 14.5 Å². The highest BCUT2D eigenvalue weighted by Crippen LogP contribution is 2.27. The summed E-state index contributed by atoms with van der Waals surface area (Å²) in [6.45, 7) is 9.86. The molecule has 0 unspecified atom stereocenters. The molecule has 1 N–H and O–H groups in total. The predicted molar refractivity (Wildman–Crippen MR) is 157 cm³/mol. The van der Waals surface area contributed by atoms with Crippen LogP contribution in [-0.4, -0.2) is 60.8 Å². The van der Waals surface area contributed by atoms with E-state index in [9.17, 15) is 9.59 Å². The van der Waals surface area contributed by atoms with Crippen LogP contribution < -0.4 is 9.64 Å². The van der Waals surface area contributed by atoms with E-state index in [4.69, 9.17) is 4.74 Å². The Bertz CT molecular complexity index is 1280. The summed E-state index contributed by atoms with van der Waals surface area (Å²) in [5.74, 6) is 0.314. The molecule has 0 atom stereocenters. The first-order valence-electron chi connectivity index (χ1n) is 13.8. The van der Waals surface area contributed by atoms with E-state index in [1.807, 2.05) is 36.5 Å². The normalized spacial score (nSPS) is 14.5. The molecule has 1 aliphatic rings. The van der Waals surface area contributed by atoms with E-state index in [1.165, 1.54) is 31.4 Å². The fourth-order valence-corrected chi connectivity index (χ4v) is 4.87. The lowest BCUT2D eigenvalue weighted by atomic mass is 10.1. The van der Waals surface area contributed by atoms with Gasteiger partial charge in [0.25, 0.3) is 0 Å². The minimum absolute atomic E-state index is 0.166. The largest absolute Gasteiger partial charge is 0.492 e. The van der Waals surface area contributed by atoms with Gasteiger partial charge in [-0.05, 0) is 93.2 Å². The van der Waals surface area contributed by atoms with Crippen LogP contribution in [0.15, 0.2) is 60.8 Å². The Morgan fingerprint density at radius 1 is 0.947 bits per heavy atom. The Labute approximate surface area is 226 Å². The number of likely N-dealkylation sites (tertiary alicyclic amines) is 1. The quantitative estimate of drug-likeness (QED) is 0.220. The fourth-order valence-electron chi connectivity index (χ4n) is 4.87. The number of carbonyl (C=O) groups excluding carboxylic acids is 2. The van der Waals surface area contributed by atoms with E-state index in [2.05, 4.69) is 40.8 Å². The molecule has 1 fully saturated rings. The Balaban J connectivity index is 1.38. The van der Waals surface area contributed by atoms with Crippen molar-refractivity contribution < 1.29 is 14.3 Å². The molecule has 1 aromatic heterocycles. The van der Waals surface area contributed by atoms with Gasteiger partial charge in [0.1, 0.15) is 12.4 Å². The molecule has 0 spiro atoms.